The second-order valence-electron chi connectivity index (χ2n) is 6.24. The fourth-order valence-corrected chi connectivity index (χ4v) is 4.07. The van der Waals surface area contributed by atoms with E-state index in [9.17, 15) is 9.59 Å². The zero-order chi connectivity index (χ0) is 20.5. The van der Waals surface area contributed by atoms with Gasteiger partial charge in [0.1, 0.15) is 11.4 Å². The molecule has 7 nitrogen and oxygen atoms in total. The van der Waals surface area contributed by atoms with E-state index in [1.54, 1.807) is 37.4 Å². The average Bonchev–Trinajstić information content (AvgIpc) is 2.72. The predicted molar refractivity (Wildman–Crippen MR) is 115 cm³/mol. The molecule has 0 fully saturated rings. The summed E-state index contributed by atoms with van der Waals surface area (Å²) in [5, 5.41) is 10.4. The minimum absolute atomic E-state index is 0.252. The zero-order valence-electron chi connectivity index (χ0n) is 15.7. The van der Waals surface area contributed by atoms with Gasteiger partial charge in [0.25, 0.3) is 5.91 Å². The van der Waals surface area contributed by atoms with Crippen molar-refractivity contribution < 1.29 is 14.3 Å². The highest BCUT2D eigenvalue weighted by Gasteiger charge is 2.37. The van der Waals surface area contributed by atoms with E-state index in [2.05, 4.69) is 31.3 Å². The first-order valence-corrected chi connectivity index (χ1v) is 10.7. The molecule has 1 N–H and O–H groups in total. The van der Waals surface area contributed by atoms with E-state index in [0.717, 1.165) is 10.2 Å². The fourth-order valence-electron chi connectivity index (χ4n) is 3.13. The summed E-state index contributed by atoms with van der Waals surface area (Å²) in [6, 6.07) is 12.2. The van der Waals surface area contributed by atoms with Crippen molar-refractivity contribution in [1.29, 1.82) is 0 Å². The molecule has 1 amide bonds. The summed E-state index contributed by atoms with van der Waals surface area (Å²) in [6.45, 7) is 1.96. The number of hydrogen-bond donors (Lipinski definition) is 1. The Balaban J connectivity index is 1.87. The molecule has 0 saturated heterocycles. The molecule has 4 rings (SSSR count). The van der Waals surface area contributed by atoms with Crippen LogP contribution >= 0.6 is 27.7 Å². The number of amidine groups is 1. The van der Waals surface area contributed by atoms with Gasteiger partial charge in [-0.05, 0) is 48.2 Å². The molecular formula is C20H17BrN4O3S. The number of halogens is 1. The molecule has 2 aliphatic heterocycles. The minimum atomic E-state index is -0.967. The van der Waals surface area contributed by atoms with Gasteiger partial charge in [-0.15, -0.1) is 5.10 Å². The number of amides is 1. The van der Waals surface area contributed by atoms with Crippen molar-refractivity contribution in [3.63, 3.8) is 0 Å². The van der Waals surface area contributed by atoms with Crippen LogP contribution in [0.3, 0.4) is 0 Å². The fraction of sp³-hybridized carbons (Fsp3) is 0.200. The Bertz CT molecular complexity index is 1150. The number of Topliss-reactive ketones (excluding diaryl/α,β-unsaturated/α-hetero) is 1. The van der Waals surface area contributed by atoms with Gasteiger partial charge >= 0.3 is 0 Å². The van der Waals surface area contributed by atoms with E-state index < -0.39 is 6.17 Å². The molecule has 148 valence electrons. The third kappa shape index (κ3) is 3.67. The van der Waals surface area contributed by atoms with Crippen LogP contribution in [0.5, 0.6) is 5.75 Å². The Morgan fingerprint density at radius 3 is 2.72 bits per heavy atom. The third-order valence-electron chi connectivity index (χ3n) is 4.46. The van der Waals surface area contributed by atoms with E-state index in [-0.39, 0.29) is 11.7 Å². The Kier molecular flexibility index (Phi) is 5.42. The van der Waals surface area contributed by atoms with Gasteiger partial charge in [-0.3, -0.25) is 14.9 Å². The molecule has 0 bridgehead atoms. The molecule has 2 aromatic rings. The van der Waals surface area contributed by atoms with E-state index in [0.29, 0.717) is 32.8 Å². The molecule has 1 atom stereocenters. The van der Waals surface area contributed by atoms with Gasteiger partial charge in [0.05, 0.1) is 12.5 Å². The normalized spacial score (nSPS) is 17.6. The SMILES string of the molecule is CCSC1=NN2C(=c3cc(Br)ccc3=N[C@H]2C(=O)c2ccc(OC)cc2)C(=O)N1. The van der Waals surface area contributed by atoms with Crippen molar-refractivity contribution in [3.8, 4) is 5.75 Å². The molecule has 29 heavy (non-hydrogen) atoms. The van der Waals surface area contributed by atoms with E-state index >= 15 is 0 Å². The molecule has 2 aromatic carbocycles. The van der Waals surface area contributed by atoms with Gasteiger partial charge in [-0.1, -0.05) is 34.6 Å². The van der Waals surface area contributed by atoms with Gasteiger partial charge in [0, 0.05) is 15.3 Å². The van der Waals surface area contributed by atoms with Crippen LogP contribution in [0, 0.1) is 0 Å². The number of rotatable bonds is 4. The number of carbonyl (C=O) groups excluding carboxylic acids is 2. The zero-order valence-corrected chi connectivity index (χ0v) is 18.1. The van der Waals surface area contributed by atoms with Gasteiger partial charge in [-0.25, -0.2) is 10.0 Å². The first kappa shape index (κ1) is 19.7. The number of hydrazone groups is 1. The number of nitrogens with one attached hydrogen (secondary N) is 1. The van der Waals surface area contributed by atoms with Gasteiger partial charge < -0.3 is 4.74 Å². The maximum Gasteiger partial charge on any atom is 0.276 e. The number of thioether (sulfide) groups is 1. The second-order valence-corrected chi connectivity index (χ2v) is 8.41. The largest absolute Gasteiger partial charge is 0.497 e. The lowest BCUT2D eigenvalue weighted by atomic mass is 10.1. The second kappa shape index (κ2) is 8.00. The molecule has 0 unspecified atom stereocenters. The molecule has 0 spiro atoms. The standard InChI is InChI=1S/C20H17BrN4O3S/c1-3-29-20-23-19(27)16-14-10-12(21)6-9-15(14)22-18(25(16)24-20)17(26)11-4-7-13(28-2)8-5-11/h4-10,18H,3H2,1-2H3,(H,23,24,27)/t18-/m1/s1. The Labute approximate surface area is 179 Å². The van der Waals surface area contributed by atoms with E-state index in [4.69, 9.17) is 4.74 Å². The smallest absolute Gasteiger partial charge is 0.276 e. The highest BCUT2D eigenvalue weighted by molar-refractivity contribution is 9.10. The Morgan fingerprint density at radius 1 is 1.28 bits per heavy atom. The molecule has 9 heteroatoms. The Morgan fingerprint density at radius 2 is 2.03 bits per heavy atom. The van der Waals surface area contributed by atoms with Crippen molar-refractivity contribution in [2.75, 3.05) is 12.9 Å². The number of nitrogens with zero attached hydrogens (tertiary/aromatic N) is 3. The van der Waals surface area contributed by atoms with E-state index in [1.165, 1.54) is 16.8 Å². The number of ether oxygens (including phenoxy) is 1. The topological polar surface area (TPSA) is 83.4 Å². The van der Waals surface area contributed by atoms with Crippen LogP contribution in [0.1, 0.15) is 17.3 Å². The summed E-state index contributed by atoms with van der Waals surface area (Å²) in [5.74, 6) is 0.830. The maximum absolute atomic E-state index is 13.3. The predicted octanol–water partition coefficient (Wildman–Crippen LogP) is 1.86. The van der Waals surface area contributed by atoms with Crippen molar-refractivity contribution >= 4 is 50.2 Å². The van der Waals surface area contributed by atoms with Crippen LogP contribution in [-0.4, -0.2) is 40.9 Å². The number of methoxy groups -OCH3 is 1. The number of hydrogen-bond acceptors (Lipinski definition) is 7. The monoisotopic (exact) mass is 472 g/mol. The summed E-state index contributed by atoms with van der Waals surface area (Å²) < 4.78 is 5.97. The quantitative estimate of drug-likeness (QED) is 0.686. The first-order chi connectivity index (χ1) is 14.0. The highest BCUT2D eigenvalue weighted by atomic mass is 79.9. The number of fused-ring (bicyclic) bond motifs is 2. The number of carbonyl (C=O) groups is 2. The lowest BCUT2D eigenvalue weighted by Crippen LogP contribution is -2.54. The summed E-state index contributed by atoms with van der Waals surface area (Å²) in [4.78, 5) is 30.8. The molecule has 2 aliphatic rings. The number of benzene rings is 2. The van der Waals surface area contributed by atoms with Crippen molar-refractivity contribution in [2.24, 2.45) is 10.1 Å². The minimum Gasteiger partial charge on any atom is -0.497 e. The van der Waals surface area contributed by atoms with E-state index in [1.807, 2.05) is 19.1 Å². The molecule has 0 radical (unpaired) electrons. The molecular weight excluding hydrogens is 456 g/mol. The van der Waals surface area contributed by atoms with Crippen LogP contribution in [0.15, 0.2) is 57.0 Å². The van der Waals surface area contributed by atoms with Crippen LogP contribution < -0.4 is 20.6 Å². The first-order valence-electron chi connectivity index (χ1n) is 8.89. The lowest BCUT2D eigenvalue weighted by Gasteiger charge is -2.33. The third-order valence-corrected chi connectivity index (χ3v) is 5.70. The van der Waals surface area contributed by atoms with Crippen molar-refractivity contribution in [3.05, 3.63) is 63.1 Å². The van der Waals surface area contributed by atoms with Crippen LogP contribution in [0.25, 0.3) is 5.70 Å². The van der Waals surface area contributed by atoms with Crippen LogP contribution in [-0.2, 0) is 4.79 Å². The summed E-state index contributed by atoms with van der Waals surface area (Å²) in [7, 11) is 1.57. The summed E-state index contributed by atoms with van der Waals surface area (Å²) in [6.07, 6.45) is -0.967. The average molecular weight is 473 g/mol. The highest BCUT2D eigenvalue weighted by Crippen LogP contribution is 2.24. The summed E-state index contributed by atoms with van der Waals surface area (Å²) >= 11 is 4.83. The van der Waals surface area contributed by atoms with Gasteiger partial charge in [-0.2, -0.15) is 0 Å². The molecule has 2 heterocycles. The van der Waals surface area contributed by atoms with Gasteiger partial charge in [0.2, 0.25) is 11.9 Å². The lowest BCUT2D eigenvalue weighted by molar-refractivity contribution is -0.115. The van der Waals surface area contributed by atoms with Gasteiger partial charge in [0.15, 0.2) is 5.17 Å². The molecule has 0 saturated carbocycles. The van der Waals surface area contributed by atoms with Crippen molar-refractivity contribution in [1.82, 2.24) is 10.3 Å². The van der Waals surface area contributed by atoms with Crippen LogP contribution in [0.4, 0.5) is 0 Å². The Hall–Kier alpha value is -2.65. The van der Waals surface area contributed by atoms with Crippen LogP contribution in [0.2, 0.25) is 0 Å². The molecule has 0 aromatic heterocycles. The maximum atomic E-state index is 13.3. The number of ketones is 1. The summed E-state index contributed by atoms with van der Waals surface area (Å²) in [5.41, 5.74) is 0.772. The molecule has 0 aliphatic carbocycles. The van der Waals surface area contributed by atoms with Crippen molar-refractivity contribution in [2.45, 2.75) is 13.1 Å².